The van der Waals surface area contributed by atoms with Gasteiger partial charge in [0.25, 0.3) is 0 Å². The Labute approximate surface area is 108 Å². The molecule has 0 amide bonds. The number of hydrogen-bond donors (Lipinski definition) is 1. The van der Waals surface area contributed by atoms with E-state index in [1.807, 2.05) is 12.1 Å². The molecular formula is C15H22F2O. The Kier molecular flexibility index (Phi) is 5.27. The monoisotopic (exact) mass is 256 g/mol. The predicted molar refractivity (Wildman–Crippen MR) is 69.8 cm³/mol. The van der Waals surface area contributed by atoms with Crippen LogP contribution < -0.4 is 0 Å². The van der Waals surface area contributed by atoms with Crippen molar-refractivity contribution in [3.05, 3.63) is 35.4 Å². The zero-order chi connectivity index (χ0) is 13.8. The summed E-state index contributed by atoms with van der Waals surface area (Å²) in [6, 6.07) is 7.37. The van der Waals surface area contributed by atoms with Crippen molar-refractivity contribution >= 4 is 0 Å². The first-order chi connectivity index (χ1) is 8.45. The molecule has 0 bridgehead atoms. The van der Waals surface area contributed by atoms with E-state index in [0.29, 0.717) is 5.56 Å². The molecule has 1 N–H and O–H groups in total. The third-order valence-corrected chi connectivity index (χ3v) is 3.66. The molecule has 0 saturated heterocycles. The SMILES string of the molecule is CCCc1ccc(C(O)(CC)C(C)C(F)F)cc1. The summed E-state index contributed by atoms with van der Waals surface area (Å²) in [6.07, 6.45) is -0.226. The summed E-state index contributed by atoms with van der Waals surface area (Å²) in [5.41, 5.74) is 0.306. The van der Waals surface area contributed by atoms with Gasteiger partial charge in [0.2, 0.25) is 6.43 Å². The second-order valence-corrected chi connectivity index (χ2v) is 4.85. The molecule has 1 rings (SSSR count). The van der Waals surface area contributed by atoms with Crippen LogP contribution in [0.2, 0.25) is 0 Å². The topological polar surface area (TPSA) is 20.2 Å². The zero-order valence-electron chi connectivity index (χ0n) is 11.3. The Morgan fingerprint density at radius 2 is 1.72 bits per heavy atom. The average Bonchev–Trinajstić information content (AvgIpc) is 2.38. The molecule has 0 aromatic heterocycles. The molecule has 0 saturated carbocycles. The van der Waals surface area contributed by atoms with Crippen LogP contribution in [-0.4, -0.2) is 11.5 Å². The summed E-state index contributed by atoms with van der Waals surface area (Å²) < 4.78 is 25.7. The summed E-state index contributed by atoms with van der Waals surface area (Å²) >= 11 is 0. The number of benzene rings is 1. The van der Waals surface area contributed by atoms with Crippen LogP contribution in [0.3, 0.4) is 0 Å². The van der Waals surface area contributed by atoms with E-state index in [2.05, 4.69) is 6.92 Å². The van der Waals surface area contributed by atoms with Gasteiger partial charge in [-0.1, -0.05) is 51.5 Å². The Bertz CT molecular complexity index is 361. The second kappa shape index (κ2) is 6.28. The van der Waals surface area contributed by atoms with E-state index in [1.165, 1.54) is 12.5 Å². The first-order valence-corrected chi connectivity index (χ1v) is 6.55. The van der Waals surface area contributed by atoms with Crippen LogP contribution in [0.1, 0.15) is 44.7 Å². The van der Waals surface area contributed by atoms with E-state index < -0.39 is 17.9 Å². The van der Waals surface area contributed by atoms with Crippen LogP contribution >= 0.6 is 0 Å². The average molecular weight is 256 g/mol. The van der Waals surface area contributed by atoms with E-state index in [1.54, 1.807) is 19.1 Å². The zero-order valence-corrected chi connectivity index (χ0v) is 11.3. The highest BCUT2D eigenvalue weighted by Gasteiger charge is 2.39. The highest BCUT2D eigenvalue weighted by molar-refractivity contribution is 5.28. The fourth-order valence-electron chi connectivity index (χ4n) is 2.25. The molecule has 0 radical (unpaired) electrons. The van der Waals surface area contributed by atoms with E-state index in [4.69, 9.17) is 0 Å². The Morgan fingerprint density at radius 1 is 1.17 bits per heavy atom. The Balaban J connectivity index is 3.01. The van der Waals surface area contributed by atoms with Gasteiger partial charge in [-0.05, 0) is 24.0 Å². The highest BCUT2D eigenvalue weighted by atomic mass is 19.3. The van der Waals surface area contributed by atoms with Gasteiger partial charge in [0.05, 0.1) is 11.5 Å². The lowest BCUT2D eigenvalue weighted by Gasteiger charge is -2.33. The smallest absolute Gasteiger partial charge is 0.244 e. The molecule has 0 spiro atoms. The van der Waals surface area contributed by atoms with Gasteiger partial charge in [-0.25, -0.2) is 8.78 Å². The van der Waals surface area contributed by atoms with Crippen molar-refractivity contribution in [2.24, 2.45) is 5.92 Å². The van der Waals surface area contributed by atoms with Crippen LogP contribution in [0, 0.1) is 5.92 Å². The molecule has 1 aromatic carbocycles. The quantitative estimate of drug-likeness (QED) is 0.811. The number of aliphatic hydroxyl groups is 1. The molecule has 2 unspecified atom stereocenters. The maximum absolute atomic E-state index is 12.8. The Hall–Kier alpha value is -0.960. The molecular weight excluding hydrogens is 234 g/mol. The summed E-state index contributed by atoms with van der Waals surface area (Å²) in [5.74, 6) is -1.07. The third-order valence-electron chi connectivity index (χ3n) is 3.66. The van der Waals surface area contributed by atoms with Crippen molar-refractivity contribution < 1.29 is 13.9 Å². The lowest BCUT2D eigenvalue weighted by molar-refractivity contribution is -0.0847. The largest absolute Gasteiger partial charge is 0.385 e. The standard InChI is InChI=1S/C15H22F2O/c1-4-6-12-7-9-13(10-8-12)15(18,5-2)11(3)14(16)17/h7-11,14,18H,4-6H2,1-3H3. The van der Waals surface area contributed by atoms with Crippen molar-refractivity contribution in [3.8, 4) is 0 Å². The second-order valence-electron chi connectivity index (χ2n) is 4.85. The lowest BCUT2D eigenvalue weighted by Crippen LogP contribution is -2.36. The van der Waals surface area contributed by atoms with Crippen LogP contribution in [-0.2, 0) is 12.0 Å². The molecule has 2 atom stereocenters. The number of rotatable bonds is 6. The van der Waals surface area contributed by atoms with Crippen LogP contribution in [0.25, 0.3) is 0 Å². The molecule has 102 valence electrons. The minimum Gasteiger partial charge on any atom is -0.385 e. The fourth-order valence-corrected chi connectivity index (χ4v) is 2.25. The van der Waals surface area contributed by atoms with Gasteiger partial charge in [-0.2, -0.15) is 0 Å². The first kappa shape index (κ1) is 15.1. The third kappa shape index (κ3) is 3.08. The highest BCUT2D eigenvalue weighted by Crippen LogP contribution is 2.36. The van der Waals surface area contributed by atoms with Crippen LogP contribution in [0.4, 0.5) is 8.78 Å². The van der Waals surface area contributed by atoms with Crippen LogP contribution in [0.5, 0.6) is 0 Å². The van der Waals surface area contributed by atoms with Gasteiger partial charge in [-0.15, -0.1) is 0 Å². The molecule has 1 aromatic rings. The van der Waals surface area contributed by atoms with E-state index in [-0.39, 0.29) is 6.42 Å². The minimum absolute atomic E-state index is 0.283. The number of alkyl halides is 2. The minimum atomic E-state index is -2.52. The molecule has 0 aliphatic heterocycles. The molecule has 0 heterocycles. The molecule has 0 aliphatic carbocycles. The van der Waals surface area contributed by atoms with E-state index in [9.17, 15) is 13.9 Å². The molecule has 0 fully saturated rings. The van der Waals surface area contributed by atoms with Crippen molar-refractivity contribution in [1.82, 2.24) is 0 Å². The van der Waals surface area contributed by atoms with Crippen molar-refractivity contribution in [2.75, 3.05) is 0 Å². The maximum atomic E-state index is 12.8. The van der Waals surface area contributed by atoms with Gasteiger partial charge >= 0.3 is 0 Å². The first-order valence-electron chi connectivity index (χ1n) is 6.55. The van der Waals surface area contributed by atoms with E-state index in [0.717, 1.165) is 12.8 Å². The lowest BCUT2D eigenvalue weighted by atomic mass is 9.80. The molecule has 18 heavy (non-hydrogen) atoms. The fraction of sp³-hybridized carbons (Fsp3) is 0.600. The van der Waals surface area contributed by atoms with Gasteiger partial charge in [0.15, 0.2) is 0 Å². The normalized spacial score (nSPS) is 16.6. The Morgan fingerprint density at radius 3 is 2.11 bits per heavy atom. The number of hydrogen-bond acceptors (Lipinski definition) is 1. The van der Waals surface area contributed by atoms with E-state index >= 15 is 0 Å². The summed E-state index contributed by atoms with van der Waals surface area (Å²) in [4.78, 5) is 0. The maximum Gasteiger partial charge on any atom is 0.244 e. The molecule has 0 aliphatic rings. The van der Waals surface area contributed by atoms with Gasteiger partial charge in [0.1, 0.15) is 0 Å². The number of halogens is 2. The van der Waals surface area contributed by atoms with Gasteiger partial charge < -0.3 is 5.11 Å². The van der Waals surface area contributed by atoms with Gasteiger partial charge in [0, 0.05) is 0 Å². The molecule has 3 heteroatoms. The molecule has 1 nitrogen and oxygen atoms in total. The summed E-state index contributed by atoms with van der Waals surface area (Å²) in [5, 5.41) is 10.5. The van der Waals surface area contributed by atoms with Crippen molar-refractivity contribution in [3.63, 3.8) is 0 Å². The summed E-state index contributed by atoms with van der Waals surface area (Å²) in [6.45, 7) is 5.22. The van der Waals surface area contributed by atoms with Crippen LogP contribution in [0.15, 0.2) is 24.3 Å². The summed E-state index contributed by atoms with van der Waals surface area (Å²) in [7, 11) is 0. The van der Waals surface area contributed by atoms with Gasteiger partial charge in [-0.3, -0.25) is 0 Å². The number of aryl methyl sites for hydroxylation is 1. The van der Waals surface area contributed by atoms with Crippen molar-refractivity contribution in [1.29, 1.82) is 0 Å². The van der Waals surface area contributed by atoms with Crippen molar-refractivity contribution in [2.45, 2.75) is 52.1 Å². The predicted octanol–water partition coefficient (Wildman–Crippen LogP) is 4.14.